The lowest BCUT2D eigenvalue weighted by Gasteiger charge is -2.44. The van der Waals surface area contributed by atoms with E-state index in [1.165, 1.54) is 25.7 Å². The predicted molar refractivity (Wildman–Crippen MR) is 89.5 cm³/mol. The normalized spacial score (nSPS) is 24.6. The van der Waals surface area contributed by atoms with Gasteiger partial charge in [0.25, 0.3) is 5.91 Å². The molecule has 6 heteroatoms. The number of likely N-dealkylation sites (tertiary alicyclic amines) is 1. The van der Waals surface area contributed by atoms with Crippen molar-refractivity contribution >= 4 is 11.9 Å². The number of benzene rings is 1. The van der Waals surface area contributed by atoms with E-state index in [0.29, 0.717) is 29.0 Å². The Bertz CT molecular complexity index is 672. The molecule has 2 aliphatic heterocycles. The molecule has 0 unspecified atom stereocenters. The minimum atomic E-state index is -0.510. The predicted octanol–water partition coefficient (Wildman–Crippen LogP) is 2.75. The third kappa shape index (κ3) is 3.30. The van der Waals surface area contributed by atoms with Crippen LogP contribution < -0.4 is 9.47 Å². The molecular formula is C19H23NO5. The Hall–Kier alpha value is -2.24. The van der Waals surface area contributed by atoms with Crippen molar-refractivity contribution < 1.29 is 23.8 Å². The van der Waals surface area contributed by atoms with E-state index in [0.717, 1.165) is 19.4 Å². The molecule has 25 heavy (non-hydrogen) atoms. The number of rotatable bonds is 3. The fraction of sp³-hybridized carbons (Fsp3) is 0.579. The van der Waals surface area contributed by atoms with Gasteiger partial charge in [0.2, 0.25) is 6.79 Å². The summed E-state index contributed by atoms with van der Waals surface area (Å²) in [6.45, 7) is 0.738. The molecule has 134 valence electrons. The largest absolute Gasteiger partial charge is 0.454 e. The van der Waals surface area contributed by atoms with Gasteiger partial charge in [-0.15, -0.1) is 0 Å². The Labute approximate surface area is 147 Å². The van der Waals surface area contributed by atoms with Crippen LogP contribution in [0.25, 0.3) is 0 Å². The number of amides is 1. The first kappa shape index (κ1) is 16.2. The minimum Gasteiger partial charge on any atom is -0.454 e. The Morgan fingerprint density at radius 1 is 1.08 bits per heavy atom. The Balaban J connectivity index is 1.35. The Morgan fingerprint density at radius 3 is 2.80 bits per heavy atom. The van der Waals surface area contributed by atoms with Crippen LogP contribution in [-0.2, 0) is 9.53 Å². The molecule has 0 aromatic heterocycles. The van der Waals surface area contributed by atoms with Crippen LogP contribution in [0.5, 0.6) is 11.5 Å². The fourth-order valence-corrected chi connectivity index (χ4v) is 4.25. The van der Waals surface area contributed by atoms with Crippen molar-refractivity contribution in [1.29, 1.82) is 0 Å². The molecule has 3 aliphatic rings. The van der Waals surface area contributed by atoms with Crippen molar-refractivity contribution in [2.75, 3.05) is 19.9 Å². The minimum absolute atomic E-state index is 0.0781. The molecule has 1 amide bonds. The number of piperidine rings is 1. The summed E-state index contributed by atoms with van der Waals surface area (Å²) in [5.74, 6) is 1.18. The molecule has 4 rings (SSSR count). The smallest absolute Gasteiger partial charge is 0.338 e. The van der Waals surface area contributed by atoms with Crippen molar-refractivity contribution in [1.82, 2.24) is 4.90 Å². The number of ether oxygens (including phenoxy) is 3. The van der Waals surface area contributed by atoms with E-state index in [1.54, 1.807) is 18.2 Å². The topological polar surface area (TPSA) is 65.1 Å². The quantitative estimate of drug-likeness (QED) is 0.788. The van der Waals surface area contributed by atoms with E-state index >= 15 is 0 Å². The summed E-state index contributed by atoms with van der Waals surface area (Å²) in [5.41, 5.74) is 0.367. The van der Waals surface area contributed by atoms with Crippen LogP contribution >= 0.6 is 0 Å². The molecule has 1 saturated heterocycles. The van der Waals surface area contributed by atoms with E-state index in [9.17, 15) is 9.59 Å². The SMILES string of the molecule is O=C(OCC(=O)N1CCC[C@H]2CCCC[C@H]21)c1ccc2c(c1)OCO2. The van der Waals surface area contributed by atoms with Gasteiger partial charge < -0.3 is 19.1 Å². The fourth-order valence-electron chi connectivity index (χ4n) is 4.25. The average molecular weight is 345 g/mol. The zero-order chi connectivity index (χ0) is 17.2. The number of carbonyl (C=O) groups is 2. The van der Waals surface area contributed by atoms with E-state index in [2.05, 4.69) is 0 Å². The van der Waals surface area contributed by atoms with Gasteiger partial charge in [-0.1, -0.05) is 12.8 Å². The van der Waals surface area contributed by atoms with Crippen LogP contribution in [0.15, 0.2) is 18.2 Å². The number of esters is 1. The first-order valence-electron chi connectivity index (χ1n) is 9.08. The molecule has 1 saturated carbocycles. The van der Waals surface area contributed by atoms with E-state index in [4.69, 9.17) is 14.2 Å². The number of hydrogen-bond donors (Lipinski definition) is 0. The van der Waals surface area contributed by atoms with Crippen molar-refractivity contribution in [2.24, 2.45) is 5.92 Å². The summed E-state index contributed by atoms with van der Waals surface area (Å²) in [6.07, 6.45) is 7.00. The Morgan fingerprint density at radius 2 is 1.88 bits per heavy atom. The van der Waals surface area contributed by atoms with Gasteiger partial charge >= 0.3 is 5.97 Å². The second-order valence-corrected chi connectivity index (χ2v) is 6.99. The average Bonchev–Trinajstić information content (AvgIpc) is 3.13. The van der Waals surface area contributed by atoms with Crippen molar-refractivity contribution in [3.63, 3.8) is 0 Å². The van der Waals surface area contributed by atoms with Gasteiger partial charge in [0.1, 0.15) is 0 Å². The van der Waals surface area contributed by atoms with Gasteiger partial charge in [0.05, 0.1) is 5.56 Å². The summed E-state index contributed by atoms with van der Waals surface area (Å²) >= 11 is 0. The number of fused-ring (bicyclic) bond motifs is 2. The molecule has 2 fully saturated rings. The van der Waals surface area contributed by atoms with E-state index in [1.807, 2.05) is 4.90 Å². The van der Waals surface area contributed by atoms with Gasteiger partial charge in [-0.2, -0.15) is 0 Å². The molecular weight excluding hydrogens is 322 g/mol. The summed E-state index contributed by atoms with van der Waals surface area (Å²) in [5, 5.41) is 0. The van der Waals surface area contributed by atoms with E-state index in [-0.39, 0.29) is 19.3 Å². The van der Waals surface area contributed by atoms with Crippen LogP contribution in [-0.4, -0.2) is 42.8 Å². The van der Waals surface area contributed by atoms with Crippen LogP contribution in [0.1, 0.15) is 48.9 Å². The molecule has 2 heterocycles. The third-order valence-electron chi connectivity index (χ3n) is 5.50. The van der Waals surface area contributed by atoms with Crippen molar-refractivity contribution in [3.05, 3.63) is 23.8 Å². The highest BCUT2D eigenvalue weighted by Gasteiger charge is 2.35. The maximum atomic E-state index is 12.6. The number of carbonyl (C=O) groups excluding carboxylic acids is 2. The second-order valence-electron chi connectivity index (χ2n) is 6.99. The highest BCUT2D eigenvalue weighted by atomic mass is 16.7. The molecule has 0 radical (unpaired) electrons. The van der Waals surface area contributed by atoms with Gasteiger partial charge in [-0.3, -0.25) is 4.79 Å². The first-order valence-corrected chi connectivity index (χ1v) is 9.08. The lowest BCUT2D eigenvalue weighted by molar-refractivity contribution is -0.140. The zero-order valence-electron chi connectivity index (χ0n) is 14.2. The summed E-state index contributed by atoms with van der Waals surface area (Å²) in [4.78, 5) is 26.7. The third-order valence-corrected chi connectivity index (χ3v) is 5.50. The van der Waals surface area contributed by atoms with Gasteiger partial charge in [-0.25, -0.2) is 4.79 Å². The van der Waals surface area contributed by atoms with Crippen LogP contribution in [0, 0.1) is 5.92 Å². The maximum Gasteiger partial charge on any atom is 0.338 e. The number of nitrogens with zero attached hydrogens (tertiary/aromatic N) is 1. The maximum absolute atomic E-state index is 12.6. The summed E-state index contributed by atoms with van der Waals surface area (Å²) in [7, 11) is 0. The monoisotopic (exact) mass is 345 g/mol. The first-order chi connectivity index (χ1) is 12.2. The summed E-state index contributed by atoms with van der Waals surface area (Å²) < 4.78 is 15.7. The lowest BCUT2D eigenvalue weighted by atomic mass is 9.78. The molecule has 1 aromatic carbocycles. The number of hydrogen-bond acceptors (Lipinski definition) is 5. The molecule has 6 nitrogen and oxygen atoms in total. The molecule has 0 N–H and O–H groups in total. The lowest BCUT2D eigenvalue weighted by Crippen LogP contribution is -2.50. The zero-order valence-corrected chi connectivity index (χ0v) is 14.2. The van der Waals surface area contributed by atoms with Crippen LogP contribution in [0.2, 0.25) is 0 Å². The van der Waals surface area contributed by atoms with Crippen molar-refractivity contribution in [2.45, 2.75) is 44.6 Å². The highest BCUT2D eigenvalue weighted by molar-refractivity contribution is 5.92. The standard InChI is InChI=1S/C19H23NO5/c21-18(20-9-3-5-13-4-1-2-6-15(13)20)11-23-19(22)14-7-8-16-17(10-14)25-12-24-16/h7-8,10,13,15H,1-6,9,11-12H2/t13-,15-/m1/s1. The van der Waals surface area contributed by atoms with Gasteiger partial charge in [0.15, 0.2) is 18.1 Å². The molecule has 1 aromatic rings. The molecule has 0 bridgehead atoms. The van der Waals surface area contributed by atoms with Crippen LogP contribution in [0.4, 0.5) is 0 Å². The molecule has 1 aliphatic carbocycles. The second kappa shape index (κ2) is 6.94. The van der Waals surface area contributed by atoms with Gasteiger partial charge in [0, 0.05) is 12.6 Å². The summed E-state index contributed by atoms with van der Waals surface area (Å²) in [6, 6.07) is 5.23. The van der Waals surface area contributed by atoms with Crippen molar-refractivity contribution in [3.8, 4) is 11.5 Å². The molecule has 0 spiro atoms. The Kier molecular flexibility index (Phi) is 4.51. The van der Waals surface area contributed by atoms with Gasteiger partial charge in [-0.05, 0) is 49.8 Å². The molecule has 2 atom stereocenters. The van der Waals surface area contributed by atoms with E-state index < -0.39 is 5.97 Å². The van der Waals surface area contributed by atoms with Crippen LogP contribution in [0.3, 0.4) is 0 Å². The highest BCUT2D eigenvalue weighted by Crippen LogP contribution is 2.35.